The molecule has 0 bridgehead atoms. The number of carbonyl (C=O) groups is 2. The second-order valence-corrected chi connectivity index (χ2v) is 1.65. The fourth-order valence-corrected chi connectivity index (χ4v) is 0.406. The van der Waals surface area contributed by atoms with Crippen molar-refractivity contribution in [1.29, 1.82) is 0 Å². The minimum Gasteiger partial charge on any atom is -0.480 e. The maximum atomic E-state index is 10.5. The summed E-state index contributed by atoms with van der Waals surface area (Å²) in [6.45, 7) is 2.77. The van der Waals surface area contributed by atoms with Crippen molar-refractivity contribution in [1.82, 2.24) is 5.32 Å². The molecule has 5 heteroatoms. The van der Waals surface area contributed by atoms with Gasteiger partial charge in [-0.3, -0.25) is 14.9 Å². The van der Waals surface area contributed by atoms with Crippen LogP contribution in [0.2, 0.25) is 0 Å². The summed E-state index contributed by atoms with van der Waals surface area (Å²) in [5.74, 6) is -1.57. The Balaban J connectivity index is 3.31. The van der Waals surface area contributed by atoms with Gasteiger partial charge in [0, 0.05) is 0 Å². The first-order valence-electron chi connectivity index (χ1n) is 2.89. The molecule has 0 aromatic rings. The minimum atomic E-state index is -1.02. The molecule has 0 aromatic heterocycles. The van der Waals surface area contributed by atoms with Crippen molar-refractivity contribution >= 4 is 11.9 Å². The van der Waals surface area contributed by atoms with Gasteiger partial charge in [-0.2, -0.15) is 0 Å². The third kappa shape index (κ3) is 6.53. The number of rotatable bonds is 5. The topological polar surface area (TPSA) is 75.6 Å². The van der Waals surface area contributed by atoms with Crippen molar-refractivity contribution in [3.8, 4) is 0 Å². The van der Waals surface area contributed by atoms with Crippen molar-refractivity contribution in [3.63, 3.8) is 0 Å². The lowest BCUT2D eigenvalue weighted by atomic mass is 10.6. The molecule has 0 radical (unpaired) electrons. The molecule has 0 heterocycles. The first-order valence-corrected chi connectivity index (χ1v) is 2.89. The second-order valence-electron chi connectivity index (χ2n) is 1.65. The third-order valence-electron chi connectivity index (χ3n) is 0.760. The SMILES string of the molecule is C=COC(=O)CNCC(=O)O. The van der Waals surface area contributed by atoms with Gasteiger partial charge < -0.3 is 9.84 Å². The van der Waals surface area contributed by atoms with E-state index in [1.165, 1.54) is 0 Å². The van der Waals surface area contributed by atoms with Gasteiger partial charge in [0.1, 0.15) is 0 Å². The van der Waals surface area contributed by atoms with Gasteiger partial charge in [0.25, 0.3) is 0 Å². The van der Waals surface area contributed by atoms with Crippen LogP contribution in [0, 0.1) is 0 Å². The molecule has 0 amide bonds. The molecule has 0 saturated carbocycles. The predicted octanol–water partition coefficient (Wildman–Crippen LogP) is -0.653. The zero-order valence-corrected chi connectivity index (χ0v) is 5.87. The first kappa shape index (κ1) is 9.64. The minimum absolute atomic E-state index is 0.127. The lowest BCUT2D eigenvalue weighted by Gasteiger charge is -1.98. The summed E-state index contributed by atoms with van der Waals surface area (Å²) in [5, 5.41) is 10.5. The predicted molar refractivity (Wildman–Crippen MR) is 36.8 cm³/mol. The number of carbonyl (C=O) groups excluding carboxylic acids is 1. The molecular formula is C6H9NO4. The van der Waals surface area contributed by atoms with E-state index in [4.69, 9.17) is 5.11 Å². The van der Waals surface area contributed by atoms with Gasteiger partial charge >= 0.3 is 11.9 Å². The summed E-state index contributed by atoms with van der Waals surface area (Å²) in [6, 6.07) is 0. The van der Waals surface area contributed by atoms with Crippen LogP contribution in [0.15, 0.2) is 12.8 Å². The molecule has 0 unspecified atom stereocenters. The lowest BCUT2D eigenvalue weighted by molar-refractivity contribution is -0.137. The number of aliphatic carboxylic acids is 1. The van der Waals surface area contributed by atoms with Gasteiger partial charge in [-0.1, -0.05) is 6.58 Å². The summed E-state index contributed by atoms with van der Waals surface area (Å²) >= 11 is 0. The lowest BCUT2D eigenvalue weighted by Crippen LogP contribution is -2.28. The van der Waals surface area contributed by atoms with Crippen molar-refractivity contribution < 1.29 is 19.4 Å². The van der Waals surface area contributed by atoms with E-state index in [9.17, 15) is 9.59 Å². The van der Waals surface area contributed by atoms with Gasteiger partial charge in [0.05, 0.1) is 19.4 Å². The zero-order valence-electron chi connectivity index (χ0n) is 5.87. The van der Waals surface area contributed by atoms with Crippen LogP contribution in [-0.4, -0.2) is 30.1 Å². The second kappa shape index (κ2) is 5.43. The molecule has 0 spiro atoms. The van der Waals surface area contributed by atoms with Crippen molar-refractivity contribution in [2.45, 2.75) is 0 Å². The largest absolute Gasteiger partial charge is 0.480 e. The van der Waals surface area contributed by atoms with E-state index in [1.54, 1.807) is 0 Å². The fraction of sp³-hybridized carbons (Fsp3) is 0.333. The Morgan fingerprint density at radius 1 is 1.55 bits per heavy atom. The van der Waals surface area contributed by atoms with Crippen molar-refractivity contribution in [2.24, 2.45) is 0 Å². The number of hydrogen-bond acceptors (Lipinski definition) is 4. The monoisotopic (exact) mass is 159 g/mol. The molecule has 0 fully saturated rings. The summed E-state index contributed by atoms with van der Waals surface area (Å²) in [5.41, 5.74) is 0. The van der Waals surface area contributed by atoms with E-state index in [0.717, 1.165) is 6.26 Å². The Bertz CT molecular complexity index is 166. The van der Waals surface area contributed by atoms with E-state index in [0.29, 0.717) is 0 Å². The highest BCUT2D eigenvalue weighted by atomic mass is 16.5. The number of carboxylic acid groups (broad SMARTS) is 1. The number of ether oxygens (including phenoxy) is 1. The van der Waals surface area contributed by atoms with Gasteiger partial charge in [-0.25, -0.2) is 0 Å². The molecule has 0 rings (SSSR count). The van der Waals surface area contributed by atoms with Crippen molar-refractivity contribution in [3.05, 3.63) is 12.8 Å². The molecule has 0 aliphatic rings. The molecule has 0 aliphatic heterocycles. The molecule has 0 saturated heterocycles. The summed E-state index contributed by atoms with van der Waals surface area (Å²) in [7, 11) is 0. The van der Waals surface area contributed by atoms with Crippen LogP contribution in [0.25, 0.3) is 0 Å². The normalized spacial score (nSPS) is 8.73. The maximum absolute atomic E-state index is 10.5. The van der Waals surface area contributed by atoms with Crippen molar-refractivity contribution in [2.75, 3.05) is 13.1 Å². The molecule has 62 valence electrons. The third-order valence-corrected chi connectivity index (χ3v) is 0.760. The van der Waals surface area contributed by atoms with E-state index in [-0.39, 0.29) is 13.1 Å². The Hall–Kier alpha value is -1.36. The van der Waals surface area contributed by atoms with E-state index >= 15 is 0 Å². The van der Waals surface area contributed by atoms with Crippen LogP contribution in [-0.2, 0) is 14.3 Å². The van der Waals surface area contributed by atoms with Crippen LogP contribution in [0.1, 0.15) is 0 Å². The standard InChI is InChI=1S/C6H9NO4/c1-2-11-6(10)4-7-3-5(8)9/h2,7H,1,3-4H2,(H,8,9). The summed E-state index contributed by atoms with van der Waals surface area (Å²) in [6.07, 6.45) is 0.991. The quantitative estimate of drug-likeness (QED) is 0.411. The number of nitrogens with one attached hydrogen (secondary N) is 1. The van der Waals surface area contributed by atoms with Gasteiger partial charge in [-0.05, 0) is 0 Å². The number of esters is 1. The number of hydrogen-bond donors (Lipinski definition) is 2. The average molecular weight is 159 g/mol. The molecule has 11 heavy (non-hydrogen) atoms. The Labute approximate surface area is 63.7 Å². The van der Waals surface area contributed by atoms with Crippen LogP contribution in [0.3, 0.4) is 0 Å². The van der Waals surface area contributed by atoms with Gasteiger partial charge in [-0.15, -0.1) is 0 Å². The highest BCUT2D eigenvalue weighted by Gasteiger charge is 2.00. The van der Waals surface area contributed by atoms with Crippen LogP contribution in [0.4, 0.5) is 0 Å². The Morgan fingerprint density at radius 3 is 2.64 bits per heavy atom. The van der Waals surface area contributed by atoms with Gasteiger partial charge in [0.15, 0.2) is 0 Å². The summed E-state index contributed by atoms with van der Waals surface area (Å²) in [4.78, 5) is 20.4. The average Bonchev–Trinajstić information content (AvgIpc) is 1.87. The molecule has 0 aliphatic carbocycles. The van der Waals surface area contributed by atoms with E-state index < -0.39 is 11.9 Å². The molecule has 0 aromatic carbocycles. The zero-order chi connectivity index (χ0) is 8.69. The Morgan fingerprint density at radius 2 is 2.18 bits per heavy atom. The molecule has 2 N–H and O–H groups in total. The van der Waals surface area contributed by atoms with Crippen LogP contribution >= 0.6 is 0 Å². The summed E-state index contributed by atoms with van der Waals surface area (Å²) < 4.78 is 4.29. The highest BCUT2D eigenvalue weighted by molar-refractivity contribution is 5.74. The molecular weight excluding hydrogens is 150 g/mol. The number of carboxylic acids is 1. The first-order chi connectivity index (χ1) is 5.16. The van der Waals surface area contributed by atoms with Crippen LogP contribution in [0.5, 0.6) is 0 Å². The maximum Gasteiger partial charge on any atom is 0.324 e. The Kier molecular flexibility index (Phi) is 4.76. The van der Waals surface area contributed by atoms with Gasteiger partial charge in [0.2, 0.25) is 0 Å². The van der Waals surface area contributed by atoms with E-state index in [1.807, 2.05) is 0 Å². The van der Waals surface area contributed by atoms with E-state index in [2.05, 4.69) is 16.6 Å². The highest BCUT2D eigenvalue weighted by Crippen LogP contribution is 1.74. The molecule has 0 atom stereocenters. The fourth-order valence-electron chi connectivity index (χ4n) is 0.406. The molecule has 5 nitrogen and oxygen atoms in total. The van der Waals surface area contributed by atoms with Crippen LogP contribution < -0.4 is 5.32 Å². The smallest absolute Gasteiger partial charge is 0.324 e.